The van der Waals surface area contributed by atoms with E-state index in [-0.39, 0.29) is 18.3 Å². The molecule has 0 aliphatic carbocycles. The van der Waals surface area contributed by atoms with Crippen molar-refractivity contribution < 1.29 is 14.3 Å². The van der Waals surface area contributed by atoms with Gasteiger partial charge in [-0.25, -0.2) is 0 Å². The van der Waals surface area contributed by atoms with Crippen LogP contribution in [0.2, 0.25) is 0 Å². The molecular formula is C18H21NO3S. The molecule has 0 fully saturated rings. The van der Waals surface area contributed by atoms with Crippen molar-refractivity contribution in [2.45, 2.75) is 39.2 Å². The maximum atomic E-state index is 12.0. The molecule has 23 heavy (non-hydrogen) atoms. The maximum absolute atomic E-state index is 12.0. The van der Waals surface area contributed by atoms with E-state index in [0.29, 0.717) is 12.1 Å². The second kappa shape index (κ2) is 8.48. The highest BCUT2D eigenvalue weighted by molar-refractivity contribution is 7.09. The molecule has 122 valence electrons. The summed E-state index contributed by atoms with van der Waals surface area (Å²) in [6.45, 7) is 3.66. The zero-order valence-electron chi connectivity index (χ0n) is 13.4. The van der Waals surface area contributed by atoms with Crippen LogP contribution in [0.25, 0.3) is 0 Å². The summed E-state index contributed by atoms with van der Waals surface area (Å²) in [4.78, 5) is 25.0. The predicted molar refractivity (Wildman–Crippen MR) is 92.6 cm³/mol. The lowest BCUT2D eigenvalue weighted by molar-refractivity contribution is -0.153. The van der Waals surface area contributed by atoms with Gasteiger partial charge >= 0.3 is 5.97 Å². The molecule has 0 aliphatic heterocycles. The fraction of sp³-hybridized carbons (Fsp3) is 0.333. The molecule has 0 spiro atoms. The van der Waals surface area contributed by atoms with E-state index in [9.17, 15) is 9.59 Å². The third kappa shape index (κ3) is 5.53. The minimum Gasteiger partial charge on any atom is -0.453 e. The highest BCUT2D eigenvalue weighted by atomic mass is 32.1. The van der Waals surface area contributed by atoms with Crippen LogP contribution in [0.1, 0.15) is 30.7 Å². The normalized spacial score (nSPS) is 11.7. The molecule has 5 heteroatoms. The van der Waals surface area contributed by atoms with Gasteiger partial charge in [0.1, 0.15) is 0 Å². The quantitative estimate of drug-likeness (QED) is 0.785. The standard InChI is InChI=1S/C18H21NO3S/c1-3-14-6-8-15(9-7-14)19-18(21)13(2)22-17(20)11-10-16-5-4-12-23-16/h4-9,12-13H,3,10-11H2,1-2H3,(H,19,21)/t13-/m0/s1. The Kier molecular flexibility index (Phi) is 6.35. The average Bonchev–Trinajstić information content (AvgIpc) is 3.07. The molecule has 1 aromatic heterocycles. The first-order chi connectivity index (χ1) is 11.1. The van der Waals surface area contributed by atoms with E-state index in [2.05, 4.69) is 12.2 Å². The minimum atomic E-state index is -0.809. The third-order valence-corrected chi connectivity index (χ3v) is 4.40. The van der Waals surface area contributed by atoms with E-state index < -0.39 is 6.10 Å². The largest absolute Gasteiger partial charge is 0.453 e. The summed E-state index contributed by atoms with van der Waals surface area (Å²) in [5, 5.41) is 4.73. The van der Waals surface area contributed by atoms with Crippen LogP contribution in [0.3, 0.4) is 0 Å². The zero-order chi connectivity index (χ0) is 16.7. The van der Waals surface area contributed by atoms with Gasteiger partial charge in [-0.1, -0.05) is 25.1 Å². The summed E-state index contributed by atoms with van der Waals surface area (Å²) in [6.07, 6.45) is 1.07. The number of carbonyl (C=O) groups excluding carboxylic acids is 2. The Morgan fingerprint density at radius 3 is 2.57 bits per heavy atom. The molecule has 0 radical (unpaired) electrons. The Labute approximate surface area is 140 Å². The fourth-order valence-corrected chi connectivity index (χ4v) is 2.77. The lowest BCUT2D eigenvalue weighted by Gasteiger charge is -2.13. The van der Waals surface area contributed by atoms with Gasteiger partial charge in [-0.05, 0) is 48.9 Å². The summed E-state index contributed by atoms with van der Waals surface area (Å²) in [6, 6.07) is 11.6. The van der Waals surface area contributed by atoms with Crippen molar-refractivity contribution in [1.82, 2.24) is 0 Å². The Bertz CT molecular complexity index is 635. The number of amides is 1. The minimum absolute atomic E-state index is 0.281. The molecule has 0 unspecified atom stereocenters. The molecule has 0 aliphatic rings. The first kappa shape index (κ1) is 17.2. The van der Waals surface area contributed by atoms with Gasteiger partial charge in [0.15, 0.2) is 6.10 Å². The van der Waals surface area contributed by atoms with Crippen molar-refractivity contribution >= 4 is 28.9 Å². The van der Waals surface area contributed by atoms with Gasteiger partial charge in [-0.15, -0.1) is 11.3 Å². The van der Waals surface area contributed by atoms with Gasteiger partial charge in [0.05, 0.1) is 6.42 Å². The lowest BCUT2D eigenvalue weighted by atomic mass is 10.1. The van der Waals surface area contributed by atoms with Gasteiger partial charge in [0, 0.05) is 10.6 Å². The zero-order valence-corrected chi connectivity index (χ0v) is 14.2. The molecule has 2 aromatic rings. The van der Waals surface area contributed by atoms with Crippen molar-refractivity contribution in [2.24, 2.45) is 0 Å². The Balaban J connectivity index is 1.78. The van der Waals surface area contributed by atoms with E-state index in [1.165, 1.54) is 5.56 Å². The number of ether oxygens (including phenoxy) is 1. The molecule has 0 saturated carbocycles. The number of carbonyl (C=O) groups is 2. The van der Waals surface area contributed by atoms with E-state index in [4.69, 9.17) is 4.74 Å². The van der Waals surface area contributed by atoms with Crippen molar-refractivity contribution in [3.05, 3.63) is 52.2 Å². The van der Waals surface area contributed by atoms with E-state index in [1.807, 2.05) is 41.8 Å². The molecule has 4 nitrogen and oxygen atoms in total. The Morgan fingerprint density at radius 1 is 1.22 bits per heavy atom. The SMILES string of the molecule is CCc1ccc(NC(=O)[C@H](C)OC(=O)CCc2cccs2)cc1. The summed E-state index contributed by atoms with van der Waals surface area (Å²) >= 11 is 1.61. The Morgan fingerprint density at radius 2 is 1.96 bits per heavy atom. The molecule has 1 aromatic carbocycles. The smallest absolute Gasteiger partial charge is 0.306 e. The molecule has 0 bridgehead atoms. The molecule has 1 amide bonds. The molecule has 1 heterocycles. The summed E-state index contributed by atoms with van der Waals surface area (Å²) in [5.41, 5.74) is 1.91. The number of thiophene rings is 1. The second-order valence-electron chi connectivity index (χ2n) is 5.25. The van der Waals surface area contributed by atoms with Crippen LogP contribution < -0.4 is 5.32 Å². The Hall–Kier alpha value is -2.14. The highest BCUT2D eigenvalue weighted by Gasteiger charge is 2.17. The number of hydrogen-bond donors (Lipinski definition) is 1. The van der Waals surface area contributed by atoms with Crippen molar-refractivity contribution in [1.29, 1.82) is 0 Å². The predicted octanol–water partition coefficient (Wildman–Crippen LogP) is 3.81. The molecular weight excluding hydrogens is 310 g/mol. The summed E-state index contributed by atoms with van der Waals surface area (Å²) in [5.74, 6) is -0.680. The van der Waals surface area contributed by atoms with Crippen molar-refractivity contribution in [2.75, 3.05) is 5.32 Å². The van der Waals surface area contributed by atoms with Gasteiger partial charge in [0.25, 0.3) is 5.91 Å². The van der Waals surface area contributed by atoms with Gasteiger partial charge in [-0.2, -0.15) is 0 Å². The van der Waals surface area contributed by atoms with E-state index in [1.54, 1.807) is 18.3 Å². The number of esters is 1. The summed E-state index contributed by atoms with van der Waals surface area (Å²) in [7, 11) is 0. The first-order valence-corrected chi connectivity index (χ1v) is 8.58. The molecule has 1 N–H and O–H groups in total. The van der Waals surface area contributed by atoms with Crippen LogP contribution in [0.15, 0.2) is 41.8 Å². The van der Waals surface area contributed by atoms with Crippen LogP contribution in [-0.4, -0.2) is 18.0 Å². The van der Waals surface area contributed by atoms with Gasteiger partial charge in [0.2, 0.25) is 0 Å². The fourth-order valence-electron chi connectivity index (χ4n) is 2.06. The van der Waals surface area contributed by atoms with Crippen LogP contribution in [0, 0.1) is 0 Å². The monoisotopic (exact) mass is 331 g/mol. The van der Waals surface area contributed by atoms with E-state index >= 15 is 0 Å². The highest BCUT2D eigenvalue weighted by Crippen LogP contribution is 2.13. The van der Waals surface area contributed by atoms with Gasteiger partial charge in [-0.3, -0.25) is 9.59 Å². The first-order valence-electron chi connectivity index (χ1n) is 7.70. The number of anilines is 1. The van der Waals surface area contributed by atoms with Gasteiger partial charge < -0.3 is 10.1 Å². The van der Waals surface area contributed by atoms with Crippen LogP contribution in [-0.2, 0) is 27.2 Å². The number of rotatable bonds is 7. The average molecular weight is 331 g/mol. The number of nitrogens with one attached hydrogen (secondary N) is 1. The second-order valence-corrected chi connectivity index (χ2v) is 6.28. The number of benzene rings is 1. The molecule has 2 rings (SSSR count). The third-order valence-electron chi connectivity index (χ3n) is 3.46. The molecule has 0 saturated heterocycles. The van der Waals surface area contributed by atoms with Crippen LogP contribution >= 0.6 is 11.3 Å². The number of aryl methyl sites for hydroxylation is 2. The topological polar surface area (TPSA) is 55.4 Å². The van der Waals surface area contributed by atoms with Crippen molar-refractivity contribution in [3.8, 4) is 0 Å². The molecule has 1 atom stereocenters. The van der Waals surface area contributed by atoms with Crippen LogP contribution in [0.5, 0.6) is 0 Å². The number of hydrogen-bond acceptors (Lipinski definition) is 4. The van der Waals surface area contributed by atoms with E-state index in [0.717, 1.165) is 11.3 Å². The van der Waals surface area contributed by atoms with Crippen LogP contribution in [0.4, 0.5) is 5.69 Å². The van der Waals surface area contributed by atoms with Crippen molar-refractivity contribution in [3.63, 3.8) is 0 Å². The summed E-state index contributed by atoms with van der Waals surface area (Å²) < 4.78 is 5.18. The lowest BCUT2D eigenvalue weighted by Crippen LogP contribution is -2.30. The maximum Gasteiger partial charge on any atom is 0.306 e.